The smallest absolute Gasteiger partial charge is 0.266 e. The summed E-state index contributed by atoms with van der Waals surface area (Å²) in [7, 11) is -2.44. The van der Waals surface area contributed by atoms with Crippen molar-refractivity contribution in [3.63, 3.8) is 0 Å². The fourth-order valence-electron chi connectivity index (χ4n) is 2.78. The van der Waals surface area contributed by atoms with Gasteiger partial charge in [0.2, 0.25) is 0 Å². The maximum absolute atomic E-state index is 13.7. The molecule has 0 spiro atoms. The Morgan fingerprint density at radius 2 is 2.08 bits per heavy atom. The van der Waals surface area contributed by atoms with Crippen LogP contribution in [0.15, 0.2) is 42.5 Å². The summed E-state index contributed by atoms with van der Waals surface area (Å²) in [5.41, 5.74) is 6.35. The first-order valence-corrected chi connectivity index (χ1v) is 9.34. The fourth-order valence-corrected chi connectivity index (χ4v) is 5.19. The Labute approximate surface area is 148 Å². The summed E-state index contributed by atoms with van der Waals surface area (Å²) in [5.74, 6) is -0.777. The van der Waals surface area contributed by atoms with E-state index >= 15 is 0 Å². The first-order valence-electron chi connectivity index (χ1n) is 7.33. The van der Waals surface area contributed by atoms with Gasteiger partial charge in [-0.3, -0.25) is 9.36 Å². The first kappa shape index (κ1) is 17.7. The molecule has 1 aromatic heterocycles. The van der Waals surface area contributed by atoms with Crippen molar-refractivity contribution in [1.29, 1.82) is 0 Å². The molecule has 3 rings (SSSR count). The van der Waals surface area contributed by atoms with Gasteiger partial charge in [-0.25, -0.2) is 4.39 Å². The van der Waals surface area contributed by atoms with Gasteiger partial charge in [0.05, 0.1) is 5.30 Å². The number of aromatic nitrogens is 1. The molecule has 0 saturated carbocycles. The summed E-state index contributed by atoms with van der Waals surface area (Å²) < 4.78 is 32.1. The molecule has 0 bridgehead atoms. The van der Waals surface area contributed by atoms with E-state index in [1.807, 2.05) is 0 Å². The molecule has 3 aromatic rings. The molecule has 0 fully saturated rings. The van der Waals surface area contributed by atoms with Gasteiger partial charge < -0.3 is 15.2 Å². The number of H-pyrrole nitrogens is 1. The van der Waals surface area contributed by atoms with Crippen molar-refractivity contribution in [1.82, 2.24) is 4.98 Å². The third-order valence-corrected chi connectivity index (χ3v) is 6.70. The molecule has 0 aliphatic heterocycles. The number of hydrogen-bond donors (Lipinski definition) is 2. The maximum Gasteiger partial charge on any atom is 0.266 e. The number of hydrogen-bond acceptors (Lipinski definition) is 3. The standard InChI is InChI=1S/C17H15ClFN2O3P/c1-24-25(23,12-4-2-3-10(7-12)9-19)16-13-8-11(18)5-6-14(13)21-15(16)17(20)22/h2-8,21H,9H2,1H3,(H2,20,22). The summed E-state index contributed by atoms with van der Waals surface area (Å²) in [6, 6.07) is 11.1. The van der Waals surface area contributed by atoms with Crippen molar-refractivity contribution >= 4 is 46.4 Å². The minimum absolute atomic E-state index is 0.0203. The molecule has 1 unspecified atom stereocenters. The van der Waals surface area contributed by atoms with Gasteiger partial charge in [-0.1, -0.05) is 23.7 Å². The zero-order valence-corrected chi connectivity index (χ0v) is 14.9. The number of nitrogens with one attached hydrogen (secondary N) is 1. The summed E-state index contributed by atoms with van der Waals surface area (Å²) in [4.78, 5) is 14.8. The second-order valence-corrected chi connectivity index (χ2v) is 8.31. The van der Waals surface area contributed by atoms with E-state index in [9.17, 15) is 13.8 Å². The number of aromatic amines is 1. The van der Waals surface area contributed by atoms with Crippen molar-refractivity contribution in [2.45, 2.75) is 6.67 Å². The van der Waals surface area contributed by atoms with Crippen LogP contribution in [0.1, 0.15) is 16.1 Å². The van der Waals surface area contributed by atoms with E-state index in [2.05, 4.69) is 4.98 Å². The molecule has 1 atom stereocenters. The molecule has 5 nitrogen and oxygen atoms in total. The number of halogens is 2. The highest BCUT2D eigenvalue weighted by Gasteiger charge is 2.35. The molecule has 1 amide bonds. The van der Waals surface area contributed by atoms with Crippen LogP contribution in [-0.2, 0) is 15.8 Å². The number of alkyl halides is 1. The van der Waals surface area contributed by atoms with Crippen LogP contribution in [0, 0.1) is 0 Å². The molecule has 130 valence electrons. The van der Waals surface area contributed by atoms with Crippen molar-refractivity contribution in [2.75, 3.05) is 7.11 Å². The lowest BCUT2D eigenvalue weighted by atomic mass is 10.2. The van der Waals surface area contributed by atoms with Gasteiger partial charge >= 0.3 is 0 Å². The number of primary amides is 1. The molecule has 0 radical (unpaired) electrons. The number of benzene rings is 2. The van der Waals surface area contributed by atoms with Gasteiger partial charge in [0.25, 0.3) is 13.3 Å². The zero-order chi connectivity index (χ0) is 18.2. The highest BCUT2D eigenvalue weighted by Crippen LogP contribution is 2.47. The summed E-state index contributed by atoms with van der Waals surface area (Å²) >= 11 is 6.06. The first-order chi connectivity index (χ1) is 11.9. The van der Waals surface area contributed by atoms with E-state index in [4.69, 9.17) is 21.9 Å². The quantitative estimate of drug-likeness (QED) is 0.666. The minimum atomic E-state index is -3.71. The summed E-state index contributed by atoms with van der Waals surface area (Å²) in [6.45, 7) is -0.708. The van der Waals surface area contributed by atoms with Crippen LogP contribution < -0.4 is 16.3 Å². The van der Waals surface area contributed by atoms with E-state index < -0.39 is 20.0 Å². The molecule has 3 N–H and O–H groups in total. The topological polar surface area (TPSA) is 85.2 Å². The third-order valence-electron chi connectivity index (χ3n) is 3.94. The predicted octanol–water partition coefficient (Wildman–Crippen LogP) is 3.27. The number of carbonyl (C=O) groups excluding carboxylic acids is 1. The van der Waals surface area contributed by atoms with Gasteiger partial charge in [-0.2, -0.15) is 0 Å². The Bertz CT molecular complexity index is 1020. The number of nitrogens with two attached hydrogens (primary N) is 1. The van der Waals surface area contributed by atoms with Crippen molar-refractivity contribution < 1.29 is 18.3 Å². The lowest BCUT2D eigenvalue weighted by molar-refractivity contribution is 0.0997. The number of rotatable bonds is 5. The largest absolute Gasteiger partial charge is 0.364 e. The van der Waals surface area contributed by atoms with Crippen LogP contribution in [0.2, 0.25) is 5.02 Å². The van der Waals surface area contributed by atoms with Crippen molar-refractivity contribution in [3.8, 4) is 0 Å². The van der Waals surface area contributed by atoms with Crippen molar-refractivity contribution in [3.05, 3.63) is 58.7 Å². The van der Waals surface area contributed by atoms with Crippen LogP contribution >= 0.6 is 19.0 Å². The molecule has 0 aliphatic rings. The van der Waals surface area contributed by atoms with Gasteiger partial charge in [-0.05, 0) is 35.9 Å². The highest BCUT2D eigenvalue weighted by atomic mass is 35.5. The van der Waals surface area contributed by atoms with E-state index in [0.717, 1.165) is 0 Å². The Morgan fingerprint density at radius 3 is 2.72 bits per heavy atom. The van der Waals surface area contributed by atoms with Gasteiger partial charge in [0, 0.05) is 28.3 Å². The van der Waals surface area contributed by atoms with Crippen LogP contribution in [0.5, 0.6) is 0 Å². The Kier molecular flexibility index (Phi) is 4.69. The van der Waals surface area contributed by atoms with Crippen LogP contribution in [0.25, 0.3) is 10.9 Å². The highest BCUT2D eigenvalue weighted by molar-refractivity contribution is 7.75. The number of fused-ring (bicyclic) bond motifs is 1. The van der Waals surface area contributed by atoms with E-state index in [0.29, 0.717) is 21.5 Å². The maximum atomic E-state index is 13.7. The molecule has 0 saturated heterocycles. The Morgan fingerprint density at radius 1 is 1.32 bits per heavy atom. The van der Waals surface area contributed by atoms with Crippen LogP contribution in [0.4, 0.5) is 4.39 Å². The molecule has 25 heavy (non-hydrogen) atoms. The number of amides is 1. The molecule has 8 heteroatoms. The summed E-state index contributed by atoms with van der Waals surface area (Å²) in [6.07, 6.45) is 0. The van der Waals surface area contributed by atoms with Gasteiger partial charge in [-0.15, -0.1) is 0 Å². The third kappa shape index (κ3) is 2.97. The lowest BCUT2D eigenvalue weighted by Crippen LogP contribution is -2.26. The molecule has 2 aromatic carbocycles. The SMILES string of the molecule is COP(=O)(c1cccc(CF)c1)c1c(C(N)=O)[nH]c2ccc(Cl)cc12. The monoisotopic (exact) mass is 380 g/mol. The molecular formula is C17H15ClFN2O3P. The Hall–Kier alpha value is -2.14. The van der Waals surface area contributed by atoms with Crippen LogP contribution in [0.3, 0.4) is 0 Å². The summed E-state index contributed by atoms with van der Waals surface area (Å²) in [5, 5.41) is 1.28. The second-order valence-electron chi connectivity index (χ2n) is 5.44. The average Bonchev–Trinajstić information content (AvgIpc) is 3.00. The van der Waals surface area contributed by atoms with E-state index in [-0.39, 0.29) is 16.3 Å². The van der Waals surface area contributed by atoms with E-state index in [1.165, 1.54) is 13.2 Å². The average molecular weight is 381 g/mol. The normalized spacial score (nSPS) is 13.7. The second kappa shape index (κ2) is 6.64. The van der Waals surface area contributed by atoms with Crippen LogP contribution in [-0.4, -0.2) is 18.0 Å². The zero-order valence-electron chi connectivity index (χ0n) is 13.3. The lowest BCUT2D eigenvalue weighted by Gasteiger charge is -2.18. The van der Waals surface area contributed by atoms with Gasteiger partial charge in [0.15, 0.2) is 0 Å². The Balaban J connectivity index is 2.37. The molecule has 0 aliphatic carbocycles. The minimum Gasteiger partial charge on any atom is -0.364 e. The fraction of sp³-hybridized carbons (Fsp3) is 0.118. The molecule has 1 heterocycles. The molecular weight excluding hydrogens is 366 g/mol. The predicted molar refractivity (Wildman–Crippen MR) is 97.0 cm³/mol. The number of carbonyl (C=O) groups is 1. The van der Waals surface area contributed by atoms with E-state index in [1.54, 1.807) is 36.4 Å². The van der Waals surface area contributed by atoms with Crippen molar-refractivity contribution in [2.24, 2.45) is 5.73 Å². The van der Waals surface area contributed by atoms with Gasteiger partial charge in [0.1, 0.15) is 12.4 Å².